The number of nitrogens with zero attached hydrogens (tertiary/aromatic N) is 2. The molecule has 1 unspecified atom stereocenters. The number of methoxy groups -OCH3 is 1. The van der Waals surface area contributed by atoms with Crippen LogP contribution < -0.4 is 14.8 Å². The maximum absolute atomic E-state index is 13.3. The number of anilines is 1. The monoisotopic (exact) mass is 609 g/mol. The summed E-state index contributed by atoms with van der Waals surface area (Å²) in [4.78, 5) is 15.8. The van der Waals surface area contributed by atoms with Gasteiger partial charge in [0, 0.05) is 42.0 Å². The Hall–Kier alpha value is -2.45. The average molecular weight is 610 g/mol. The van der Waals surface area contributed by atoms with Gasteiger partial charge in [-0.3, -0.25) is 9.93 Å². The predicted molar refractivity (Wildman–Crippen MR) is 175 cm³/mol. The molecule has 3 aliphatic rings. The van der Waals surface area contributed by atoms with Crippen LogP contribution in [0.5, 0.6) is 5.75 Å². The van der Waals surface area contributed by atoms with E-state index in [1.807, 2.05) is 36.4 Å². The number of hydrogen-bond donors (Lipinski definition) is 1. The minimum absolute atomic E-state index is 0.0376. The largest absolute Gasteiger partial charge is 0.490 e. The smallest absolute Gasteiger partial charge is 0.284 e. The second kappa shape index (κ2) is 13.5. The van der Waals surface area contributed by atoms with Crippen LogP contribution in [0.3, 0.4) is 0 Å². The van der Waals surface area contributed by atoms with Gasteiger partial charge >= 0.3 is 0 Å². The van der Waals surface area contributed by atoms with Crippen LogP contribution in [0, 0.1) is 17.8 Å². The van der Waals surface area contributed by atoms with Crippen molar-refractivity contribution < 1.29 is 14.3 Å². The van der Waals surface area contributed by atoms with E-state index in [9.17, 15) is 4.79 Å². The zero-order valence-corrected chi connectivity index (χ0v) is 26.5. The molecule has 2 aromatic rings. The number of aryl methyl sites for hydroxylation is 1. The first kappa shape index (κ1) is 31.0. The summed E-state index contributed by atoms with van der Waals surface area (Å²) in [5.74, 6) is 2.39. The molecule has 1 aliphatic heterocycles. The maximum atomic E-state index is 13.3. The van der Waals surface area contributed by atoms with Gasteiger partial charge in [0.25, 0.3) is 5.91 Å². The quantitative estimate of drug-likeness (QED) is 0.292. The first-order valence-electron chi connectivity index (χ1n) is 15.1. The van der Waals surface area contributed by atoms with Crippen molar-refractivity contribution >= 4 is 34.1 Å². The normalized spacial score (nSPS) is 25.3. The lowest BCUT2D eigenvalue weighted by atomic mass is 9.68. The van der Waals surface area contributed by atoms with Crippen LogP contribution in [-0.2, 0) is 27.5 Å². The highest BCUT2D eigenvalue weighted by Crippen LogP contribution is 2.47. The van der Waals surface area contributed by atoms with E-state index in [4.69, 9.17) is 26.2 Å². The fraction of sp³-hybridized carbons (Fsp3) is 0.500. The molecule has 1 saturated carbocycles. The Labute approximate surface area is 258 Å². The van der Waals surface area contributed by atoms with Crippen molar-refractivity contribution in [2.45, 2.75) is 57.0 Å². The van der Waals surface area contributed by atoms with E-state index < -0.39 is 10.9 Å². The fourth-order valence-electron chi connectivity index (χ4n) is 7.07. The van der Waals surface area contributed by atoms with Gasteiger partial charge in [-0.1, -0.05) is 36.7 Å². The Morgan fingerprint density at radius 2 is 2.14 bits per heavy atom. The van der Waals surface area contributed by atoms with Gasteiger partial charge in [-0.05, 0) is 109 Å². The highest BCUT2D eigenvalue weighted by molar-refractivity contribution is 7.85. The zero-order chi connectivity index (χ0) is 29.9. The van der Waals surface area contributed by atoms with Crippen molar-refractivity contribution in [1.29, 1.82) is 0 Å². The van der Waals surface area contributed by atoms with Gasteiger partial charge in [-0.25, -0.2) is 0 Å². The van der Waals surface area contributed by atoms with Gasteiger partial charge in [0.2, 0.25) is 0 Å². The van der Waals surface area contributed by atoms with Crippen LogP contribution in [0.4, 0.5) is 5.69 Å². The number of ether oxygens (including phenoxy) is 2. The molecule has 2 aromatic carbocycles. The zero-order valence-electron chi connectivity index (χ0n) is 24.9. The number of hydrogen-bond acceptors (Lipinski definition) is 4. The fourth-order valence-corrected chi connectivity index (χ4v) is 8.38. The lowest BCUT2D eigenvalue weighted by Crippen LogP contribution is -2.49. The number of halogens is 1. The van der Waals surface area contributed by atoms with E-state index in [0.29, 0.717) is 35.7 Å². The molecule has 8 heteroatoms. The molecule has 0 radical (unpaired) electrons. The molecule has 5 rings (SSSR count). The number of nitrogens with two attached hydrogens (primary N) is 1. The molecule has 6 nitrogen and oxygen atoms in total. The van der Waals surface area contributed by atoms with Crippen molar-refractivity contribution in [2.24, 2.45) is 27.3 Å². The molecular formula is C34H44ClN3O3S. The Morgan fingerprint density at radius 3 is 2.86 bits per heavy atom. The molecule has 1 amide bonds. The highest BCUT2D eigenvalue weighted by Gasteiger charge is 2.44. The van der Waals surface area contributed by atoms with Crippen LogP contribution in [0.2, 0.25) is 5.02 Å². The molecule has 0 saturated heterocycles. The van der Waals surface area contributed by atoms with Crippen LogP contribution in [-0.4, -0.2) is 44.6 Å². The van der Waals surface area contributed by atoms with Gasteiger partial charge in [0.15, 0.2) is 0 Å². The average Bonchev–Trinajstić information content (AvgIpc) is 3.10. The summed E-state index contributed by atoms with van der Waals surface area (Å²) in [7, 11) is 0.918. The second-order valence-electron chi connectivity index (χ2n) is 12.3. The molecule has 0 bridgehead atoms. The minimum atomic E-state index is -0.847. The standard InChI is InChI=1S/C34H44ClN3O3S/c1-5-8-23(3)20-42(36)37-33(39)25-11-15-32-30(18-25)38(19-26-10-13-28(26)31(6-2)40-4)21-34(22-41-32)16-7-9-24-17-27(35)12-14-29(24)34/h5-6,11-12,14-15,17-18,23,26,28,31H,1-2,7-10,13,16,19-22H2,3-4H3,(H2,36,37,39)/t23-,26-,28+,31-,34-,42?/m0/s1. The van der Waals surface area contributed by atoms with Crippen molar-refractivity contribution in [3.05, 3.63) is 83.4 Å². The maximum Gasteiger partial charge on any atom is 0.284 e. The van der Waals surface area contributed by atoms with Crippen LogP contribution in [0.1, 0.15) is 60.5 Å². The van der Waals surface area contributed by atoms with Crippen LogP contribution in [0.25, 0.3) is 0 Å². The highest BCUT2D eigenvalue weighted by atomic mass is 35.5. The molecule has 6 atom stereocenters. The molecule has 1 spiro atoms. The van der Waals surface area contributed by atoms with Crippen molar-refractivity contribution in [1.82, 2.24) is 0 Å². The molecule has 2 N–H and O–H groups in total. The minimum Gasteiger partial charge on any atom is -0.490 e. The third-order valence-electron chi connectivity index (χ3n) is 9.37. The first-order chi connectivity index (χ1) is 20.3. The summed E-state index contributed by atoms with van der Waals surface area (Å²) in [6.45, 7) is 12.2. The van der Waals surface area contributed by atoms with Gasteiger partial charge in [0.05, 0.1) is 18.4 Å². The summed E-state index contributed by atoms with van der Waals surface area (Å²) in [6, 6.07) is 12.0. The summed E-state index contributed by atoms with van der Waals surface area (Å²) in [6.07, 6.45) is 10.1. The molecule has 226 valence electrons. The number of fused-ring (bicyclic) bond motifs is 3. The third-order valence-corrected chi connectivity index (χ3v) is 10.9. The van der Waals surface area contributed by atoms with E-state index in [2.05, 4.69) is 41.5 Å². The van der Waals surface area contributed by atoms with E-state index in [-0.39, 0.29) is 17.4 Å². The topological polar surface area (TPSA) is 77.2 Å². The molecular weight excluding hydrogens is 566 g/mol. The Morgan fingerprint density at radius 1 is 1.31 bits per heavy atom. The Kier molecular flexibility index (Phi) is 9.93. The Balaban J connectivity index is 1.49. The van der Waals surface area contributed by atoms with Crippen LogP contribution >= 0.6 is 11.6 Å². The number of allylic oxidation sites excluding steroid dienone is 1. The number of carbonyl (C=O) groups is 1. The number of rotatable bonds is 10. The lowest BCUT2D eigenvalue weighted by Gasteiger charge is -2.46. The van der Waals surface area contributed by atoms with Crippen molar-refractivity contribution in [3.63, 3.8) is 0 Å². The number of carbonyl (C=O) groups excluding carboxylic acids is 1. The van der Waals surface area contributed by atoms with Crippen molar-refractivity contribution in [2.75, 3.05) is 37.5 Å². The first-order valence-corrected chi connectivity index (χ1v) is 16.8. The molecule has 1 heterocycles. The molecule has 2 aliphatic carbocycles. The lowest BCUT2D eigenvalue weighted by molar-refractivity contribution is 0.0135. The van der Waals surface area contributed by atoms with E-state index in [0.717, 1.165) is 68.1 Å². The number of benzene rings is 2. The van der Waals surface area contributed by atoms with E-state index in [1.165, 1.54) is 11.1 Å². The van der Waals surface area contributed by atoms with Gasteiger partial charge in [-0.15, -0.1) is 13.2 Å². The van der Waals surface area contributed by atoms with Crippen LogP contribution in [0.15, 0.2) is 66.1 Å². The Bertz CT molecular complexity index is 1360. The predicted octanol–water partition coefficient (Wildman–Crippen LogP) is 7.07. The van der Waals surface area contributed by atoms with Gasteiger partial charge < -0.3 is 14.4 Å². The van der Waals surface area contributed by atoms with E-state index >= 15 is 0 Å². The van der Waals surface area contributed by atoms with Gasteiger partial charge in [-0.2, -0.15) is 4.36 Å². The summed E-state index contributed by atoms with van der Waals surface area (Å²) >= 11 is 6.42. The molecule has 0 aromatic heterocycles. The summed E-state index contributed by atoms with van der Waals surface area (Å²) in [5.41, 5.74) is 3.96. The molecule has 42 heavy (non-hydrogen) atoms. The summed E-state index contributed by atoms with van der Waals surface area (Å²) in [5, 5.41) is 7.06. The molecule has 1 fully saturated rings. The second-order valence-corrected chi connectivity index (χ2v) is 14.1. The number of amides is 1. The van der Waals surface area contributed by atoms with Gasteiger partial charge in [0.1, 0.15) is 5.75 Å². The SMILES string of the molecule is C=CC[C@H](C)CS(N)=NC(=O)c1ccc2c(c1)N(C[C@@H]1CC[C@H]1[C@H](C=C)OC)C[C@@]1(CCCc3cc(Cl)ccc31)CO2. The third kappa shape index (κ3) is 6.54. The summed E-state index contributed by atoms with van der Waals surface area (Å²) < 4.78 is 16.7. The van der Waals surface area contributed by atoms with Crippen molar-refractivity contribution in [3.8, 4) is 5.75 Å². The van der Waals surface area contributed by atoms with E-state index in [1.54, 1.807) is 7.11 Å².